The Morgan fingerprint density at radius 2 is 1.85 bits per heavy atom. The molecule has 2 N–H and O–H groups in total. The van der Waals surface area contributed by atoms with Crippen molar-refractivity contribution in [2.45, 2.75) is 11.8 Å². The van der Waals surface area contributed by atoms with E-state index in [1.165, 1.54) is 32.4 Å². The predicted octanol–water partition coefficient (Wildman–Crippen LogP) is 0.724. The normalized spacial score (nSPS) is 10.9. The van der Waals surface area contributed by atoms with Crippen LogP contribution in [-0.2, 0) is 14.8 Å². The van der Waals surface area contributed by atoms with Crippen molar-refractivity contribution in [3.63, 3.8) is 0 Å². The van der Waals surface area contributed by atoms with Crippen LogP contribution >= 0.6 is 0 Å². The Balaban J connectivity index is 2.14. The number of sulfonamides is 1. The number of amides is 2. The number of carbonyl (C=O) groups excluding carboxylic acids is 1. The third-order valence-corrected chi connectivity index (χ3v) is 4.42. The number of methoxy groups -OCH3 is 2. The van der Waals surface area contributed by atoms with Crippen LogP contribution in [0.4, 0.5) is 10.7 Å². The maximum Gasteiger partial charge on any atom is 0.335 e. The van der Waals surface area contributed by atoms with E-state index in [0.717, 1.165) is 0 Å². The first kappa shape index (κ1) is 20.3. The van der Waals surface area contributed by atoms with E-state index in [2.05, 4.69) is 20.3 Å². The van der Waals surface area contributed by atoms with E-state index in [-0.39, 0.29) is 41.6 Å². The number of hydrogen-bond acceptors (Lipinski definition) is 9. The monoisotopic (exact) mass is 397 g/mol. The third kappa shape index (κ3) is 5.76. The minimum Gasteiger partial charge on any atom is -0.490 e. The molecular weight excluding hydrogens is 378 g/mol. The van der Waals surface area contributed by atoms with Crippen molar-refractivity contribution >= 4 is 22.0 Å². The fraction of sp³-hybridized carbons (Fsp3) is 0.333. The fourth-order valence-electron chi connectivity index (χ4n) is 1.93. The van der Waals surface area contributed by atoms with Gasteiger partial charge in [-0.05, 0) is 19.1 Å². The average molecular weight is 397 g/mol. The van der Waals surface area contributed by atoms with Gasteiger partial charge in [0, 0.05) is 7.11 Å². The second-order valence-corrected chi connectivity index (χ2v) is 6.69. The number of nitrogens with zero attached hydrogens (tertiary/aromatic N) is 3. The smallest absolute Gasteiger partial charge is 0.335 e. The number of benzene rings is 1. The van der Waals surface area contributed by atoms with Gasteiger partial charge in [0.15, 0.2) is 0 Å². The molecule has 27 heavy (non-hydrogen) atoms. The molecule has 0 aliphatic heterocycles. The molecule has 146 valence electrons. The van der Waals surface area contributed by atoms with Crippen LogP contribution in [0.15, 0.2) is 29.2 Å². The van der Waals surface area contributed by atoms with Gasteiger partial charge in [-0.15, -0.1) is 0 Å². The lowest BCUT2D eigenvalue weighted by molar-refractivity contribution is 0.144. The number of aryl methyl sites for hydroxylation is 1. The van der Waals surface area contributed by atoms with Gasteiger partial charge in [-0.25, -0.2) is 17.9 Å². The van der Waals surface area contributed by atoms with Gasteiger partial charge in [0.05, 0.1) is 13.7 Å². The Morgan fingerprint density at radius 3 is 2.56 bits per heavy atom. The van der Waals surface area contributed by atoms with Crippen molar-refractivity contribution in [3.8, 4) is 11.8 Å². The van der Waals surface area contributed by atoms with Gasteiger partial charge in [0.2, 0.25) is 5.95 Å². The lowest BCUT2D eigenvalue weighted by Gasteiger charge is -2.12. The first-order chi connectivity index (χ1) is 12.9. The van der Waals surface area contributed by atoms with Gasteiger partial charge in [-0.3, -0.25) is 5.32 Å². The molecule has 0 radical (unpaired) electrons. The van der Waals surface area contributed by atoms with Crippen LogP contribution in [0.2, 0.25) is 0 Å². The standard InChI is InChI=1S/C15H19N5O6S/c1-10-16-13(19-15(17-10)25-3)18-14(21)20-27(22,23)12-7-5-4-6-11(12)26-9-8-24-2/h4-7H,8-9H2,1-3H3,(H2,16,17,18,19,20,21). The zero-order valence-electron chi connectivity index (χ0n) is 14.9. The van der Waals surface area contributed by atoms with E-state index >= 15 is 0 Å². The van der Waals surface area contributed by atoms with E-state index in [9.17, 15) is 13.2 Å². The fourth-order valence-corrected chi connectivity index (χ4v) is 2.99. The summed E-state index contributed by atoms with van der Waals surface area (Å²) in [7, 11) is -1.36. The average Bonchev–Trinajstić information content (AvgIpc) is 2.61. The van der Waals surface area contributed by atoms with Gasteiger partial charge in [-0.2, -0.15) is 15.0 Å². The van der Waals surface area contributed by atoms with Gasteiger partial charge in [0.1, 0.15) is 23.1 Å². The van der Waals surface area contributed by atoms with E-state index in [0.29, 0.717) is 0 Å². The largest absolute Gasteiger partial charge is 0.490 e. The Bertz CT molecular complexity index is 905. The zero-order chi connectivity index (χ0) is 19.9. The summed E-state index contributed by atoms with van der Waals surface area (Å²) in [6.45, 7) is 2.00. The minimum absolute atomic E-state index is 0.0162. The summed E-state index contributed by atoms with van der Waals surface area (Å²) in [5.41, 5.74) is 0. The van der Waals surface area contributed by atoms with E-state index in [4.69, 9.17) is 14.2 Å². The Labute approximate surface area is 156 Å². The van der Waals surface area contributed by atoms with E-state index in [1.54, 1.807) is 13.0 Å². The molecule has 0 saturated carbocycles. The number of urea groups is 1. The van der Waals surface area contributed by atoms with Crippen LogP contribution < -0.4 is 19.5 Å². The minimum atomic E-state index is -4.20. The molecule has 0 aliphatic rings. The van der Waals surface area contributed by atoms with Gasteiger partial charge >= 0.3 is 12.0 Å². The lowest BCUT2D eigenvalue weighted by atomic mass is 10.3. The molecule has 0 fully saturated rings. The molecule has 0 saturated heterocycles. The lowest BCUT2D eigenvalue weighted by Crippen LogP contribution is -2.35. The third-order valence-electron chi connectivity index (χ3n) is 3.05. The number of aromatic nitrogens is 3. The topological polar surface area (TPSA) is 142 Å². The number of hydrogen-bond donors (Lipinski definition) is 2. The second-order valence-electron chi connectivity index (χ2n) is 5.04. The number of anilines is 1. The number of ether oxygens (including phenoxy) is 3. The van der Waals surface area contributed by atoms with E-state index < -0.39 is 16.1 Å². The molecule has 0 unspecified atom stereocenters. The highest BCUT2D eigenvalue weighted by Gasteiger charge is 2.22. The molecule has 2 rings (SSSR count). The number of para-hydroxylation sites is 1. The molecular formula is C15H19N5O6S. The summed E-state index contributed by atoms with van der Waals surface area (Å²) >= 11 is 0. The van der Waals surface area contributed by atoms with Gasteiger partial charge in [0.25, 0.3) is 10.0 Å². The van der Waals surface area contributed by atoms with Gasteiger partial charge in [-0.1, -0.05) is 12.1 Å². The molecule has 12 heteroatoms. The maximum absolute atomic E-state index is 12.5. The van der Waals surface area contributed by atoms with Crippen LogP contribution in [0.25, 0.3) is 0 Å². The molecule has 2 aromatic rings. The summed E-state index contributed by atoms with van der Waals surface area (Å²) in [6, 6.07) is 4.85. The molecule has 2 amide bonds. The Hall–Kier alpha value is -2.99. The molecule has 0 spiro atoms. The molecule has 1 aromatic heterocycles. The van der Waals surface area contributed by atoms with Crippen molar-refractivity contribution in [2.24, 2.45) is 0 Å². The Kier molecular flexibility index (Phi) is 6.85. The predicted molar refractivity (Wildman–Crippen MR) is 94.3 cm³/mol. The van der Waals surface area contributed by atoms with E-state index in [1.807, 2.05) is 4.72 Å². The van der Waals surface area contributed by atoms with Crippen LogP contribution in [0, 0.1) is 6.92 Å². The zero-order valence-corrected chi connectivity index (χ0v) is 15.7. The highest BCUT2D eigenvalue weighted by atomic mass is 32.2. The molecule has 11 nitrogen and oxygen atoms in total. The Morgan fingerprint density at radius 1 is 1.11 bits per heavy atom. The number of rotatable bonds is 8. The first-order valence-corrected chi connectivity index (χ1v) is 9.15. The second kappa shape index (κ2) is 9.09. The summed E-state index contributed by atoms with van der Waals surface area (Å²) in [6.07, 6.45) is 0. The molecule has 1 aromatic carbocycles. The summed E-state index contributed by atoms with van der Waals surface area (Å²) < 4.78 is 42.0. The number of carbonyl (C=O) groups is 1. The van der Waals surface area contributed by atoms with Crippen molar-refractivity contribution in [1.82, 2.24) is 19.7 Å². The van der Waals surface area contributed by atoms with Crippen molar-refractivity contribution in [3.05, 3.63) is 30.1 Å². The SMILES string of the molecule is COCCOc1ccccc1S(=O)(=O)NC(=O)Nc1nc(C)nc(OC)n1. The molecule has 1 heterocycles. The van der Waals surface area contributed by atoms with Crippen LogP contribution in [0.1, 0.15) is 5.82 Å². The maximum atomic E-state index is 12.5. The van der Waals surface area contributed by atoms with Gasteiger partial charge < -0.3 is 14.2 Å². The molecule has 0 bridgehead atoms. The van der Waals surface area contributed by atoms with Crippen molar-refractivity contribution < 1.29 is 27.4 Å². The van der Waals surface area contributed by atoms with Crippen LogP contribution in [0.5, 0.6) is 11.8 Å². The molecule has 0 atom stereocenters. The summed E-state index contributed by atoms with van der Waals surface area (Å²) in [5, 5.41) is 2.22. The highest BCUT2D eigenvalue weighted by Crippen LogP contribution is 2.23. The van der Waals surface area contributed by atoms with Crippen LogP contribution in [0.3, 0.4) is 0 Å². The highest BCUT2D eigenvalue weighted by molar-refractivity contribution is 7.90. The first-order valence-electron chi connectivity index (χ1n) is 7.67. The summed E-state index contributed by atoms with van der Waals surface area (Å²) in [5.74, 6) is 0.223. The van der Waals surface area contributed by atoms with Crippen molar-refractivity contribution in [2.75, 3.05) is 32.8 Å². The van der Waals surface area contributed by atoms with Crippen molar-refractivity contribution in [1.29, 1.82) is 0 Å². The summed E-state index contributed by atoms with van der Waals surface area (Å²) in [4.78, 5) is 23.5. The molecule has 0 aliphatic carbocycles. The number of nitrogens with one attached hydrogen (secondary N) is 2. The van der Waals surface area contributed by atoms with Crippen LogP contribution in [-0.4, -0.2) is 56.8 Å². The quantitative estimate of drug-likeness (QED) is 0.616.